The summed E-state index contributed by atoms with van der Waals surface area (Å²) in [6, 6.07) is 16.1. The van der Waals surface area contributed by atoms with Gasteiger partial charge in [0.25, 0.3) is 0 Å². The average Bonchev–Trinajstić information content (AvgIpc) is 2.76. The number of nitrogens with one attached hydrogen (secondary N) is 1. The molecule has 0 unspecified atom stereocenters. The smallest absolute Gasteiger partial charge is 0.321 e. The van der Waals surface area contributed by atoms with Crippen molar-refractivity contribution in [3.8, 4) is 0 Å². The normalized spacial score (nSPS) is 13.3. The number of carbonyl (C=O) groups excluding carboxylic acids is 2. The molecule has 0 saturated carbocycles. The molecule has 5 heteroatoms. The molecule has 0 radical (unpaired) electrons. The van der Waals surface area contributed by atoms with E-state index in [1.807, 2.05) is 35.2 Å². The van der Waals surface area contributed by atoms with Crippen molar-refractivity contribution < 1.29 is 9.59 Å². The largest absolute Gasteiger partial charge is 0.338 e. The Labute approximate surface area is 186 Å². The van der Waals surface area contributed by atoms with Gasteiger partial charge >= 0.3 is 6.03 Å². The lowest BCUT2D eigenvalue weighted by molar-refractivity contribution is -0.132. The van der Waals surface area contributed by atoms with Crippen molar-refractivity contribution in [2.75, 3.05) is 25.0 Å². The van der Waals surface area contributed by atoms with Gasteiger partial charge in [-0.1, -0.05) is 64.1 Å². The molecule has 1 heterocycles. The fourth-order valence-electron chi connectivity index (χ4n) is 3.97. The van der Waals surface area contributed by atoms with Crippen molar-refractivity contribution in [2.45, 2.75) is 53.0 Å². The zero-order valence-electron chi connectivity index (χ0n) is 19.2. The number of amides is 3. The molecular weight excluding hydrogens is 386 g/mol. The van der Waals surface area contributed by atoms with Gasteiger partial charge in [-0.2, -0.15) is 0 Å². The third-order valence-electron chi connectivity index (χ3n) is 5.78. The summed E-state index contributed by atoms with van der Waals surface area (Å²) in [5, 5.41) is 2.99. The van der Waals surface area contributed by atoms with E-state index in [4.69, 9.17) is 0 Å². The number of benzene rings is 2. The average molecular weight is 422 g/mol. The molecule has 2 aromatic carbocycles. The number of anilines is 1. The standard InChI is InChI=1S/C26H35N3O2/c1-19(2)17-29(26(31)27-24-11-9-21(10-12-24)20(3)4)16-14-25(30)28-15-13-22-7-5-6-8-23(22)18-28/h5-12,19-20H,13-18H2,1-4H3,(H,27,31). The lowest BCUT2D eigenvalue weighted by Gasteiger charge is -2.30. The third kappa shape index (κ3) is 6.33. The molecule has 1 aliphatic heterocycles. The predicted octanol–water partition coefficient (Wildman–Crippen LogP) is 5.27. The minimum absolute atomic E-state index is 0.109. The van der Waals surface area contributed by atoms with Crippen LogP contribution in [0.2, 0.25) is 0 Å². The Hall–Kier alpha value is -2.82. The van der Waals surface area contributed by atoms with Crippen molar-refractivity contribution in [1.29, 1.82) is 0 Å². The van der Waals surface area contributed by atoms with Gasteiger partial charge in [0.15, 0.2) is 0 Å². The van der Waals surface area contributed by atoms with E-state index >= 15 is 0 Å². The Morgan fingerprint density at radius 2 is 1.68 bits per heavy atom. The zero-order chi connectivity index (χ0) is 22.4. The fourth-order valence-corrected chi connectivity index (χ4v) is 3.97. The minimum atomic E-state index is -0.150. The molecule has 1 N–H and O–H groups in total. The first kappa shape index (κ1) is 22.9. The summed E-state index contributed by atoms with van der Waals surface area (Å²) in [7, 11) is 0. The summed E-state index contributed by atoms with van der Waals surface area (Å²) in [6.07, 6.45) is 1.24. The van der Waals surface area contributed by atoms with Gasteiger partial charge in [0.1, 0.15) is 0 Å². The van der Waals surface area contributed by atoms with E-state index < -0.39 is 0 Å². The number of rotatable bonds is 7. The molecule has 3 amide bonds. The summed E-state index contributed by atoms with van der Waals surface area (Å²) in [6.45, 7) is 10.9. The van der Waals surface area contributed by atoms with Crippen LogP contribution in [-0.2, 0) is 17.8 Å². The van der Waals surface area contributed by atoms with Crippen molar-refractivity contribution in [2.24, 2.45) is 5.92 Å². The maximum absolute atomic E-state index is 12.9. The van der Waals surface area contributed by atoms with Crippen LogP contribution >= 0.6 is 0 Å². The Morgan fingerprint density at radius 3 is 2.32 bits per heavy atom. The van der Waals surface area contributed by atoms with Gasteiger partial charge in [-0.25, -0.2) is 4.79 Å². The number of hydrogen-bond donors (Lipinski definition) is 1. The molecule has 2 aromatic rings. The second kappa shape index (κ2) is 10.5. The first-order valence-corrected chi connectivity index (χ1v) is 11.3. The third-order valence-corrected chi connectivity index (χ3v) is 5.78. The fraction of sp³-hybridized carbons (Fsp3) is 0.462. The van der Waals surface area contributed by atoms with E-state index in [9.17, 15) is 9.59 Å². The number of nitrogens with zero attached hydrogens (tertiary/aromatic N) is 2. The maximum Gasteiger partial charge on any atom is 0.321 e. The van der Waals surface area contributed by atoms with E-state index in [0.29, 0.717) is 37.9 Å². The zero-order valence-corrected chi connectivity index (χ0v) is 19.2. The maximum atomic E-state index is 12.9. The summed E-state index contributed by atoms with van der Waals surface area (Å²) >= 11 is 0. The highest BCUT2D eigenvalue weighted by atomic mass is 16.2. The van der Waals surface area contributed by atoms with Crippen LogP contribution < -0.4 is 5.32 Å². The molecule has 31 heavy (non-hydrogen) atoms. The Balaban J connectivity index is 1.57. The van der Waals surface area contributed by atoms with E-state index in [1.54, 1.807) is 4.90 Å². The van der Waals surface area contributed by atoms with E-state index in [2.05, 4.69) is 51.2 Å². The SMILES string of the molecule is CC(C)CN(CCC(=O)N1CCc2ccccc2C1)C(=O)Nc1ccc(C(C)C)cc1. The quantitative estimate of drug-likeness (QED) is 0.662. The van der Waals surface area contributed by atoms with Gasteiger partial charge in [-0.05, 0) is 47.1 Å². The van der Waals surface area contributed by atoms with Crippen LogP contribution in [0, 0.1) is 5.92 Å². The lowest BCUT2D eigenvalue weighted by atomic mass is 10.00. The number of fused-ring (bicyclic) bond motifs is 1. The molecule has 1 aliphatic rings. The van der Waals surface area contributed by atoms with Gasteiger partial charge in [0.2, 0.25) is 5.91 Å². The Kier molecular flexibility index (Phi) is 7.72. The molecule has 166 valence electrons. The van der Waals surface area contributed by atoms with Crippen LogP contribution in [0.15, 0.2) is 48.5 Å². The molecule has 0 spiro atoms. The van der Waals surface area contributed by atoms with Crippen LogP contribution in [0.3, 0.4) is 0 Å². The topological polar surface area (TPSA) is 52.7 Å². The van der Waals surface area contributed by atoms with Crippen molar-refractivity contribution in [3.05, 3.63) is 65.2 Å². The van der Waals surface area contributed by atoms with E-state index in [0.717, 1.165) is 18.7 Å². The number of carbonyl (C=O) groups is 2. The molecule has 0 saturated heterocycles. The van der Waals surface area contributed by atoms with Crippen molar-refractivity contribution in [3.63, 3.8) is 0 Å². The van der Waals surface area contributed by atoms with Crippen LogP contribution in [0.25, 0.3) is 0 Å². The van der Waals surface area contributed by atoms with Crippen molar-refractivity contribution >= 4 is 17.6 Å². The van der Waals surface area contributed by atoms with Crippen molar-refractivity contribution in [1.82, 2.24) is 9.80 Å². The molecule has 0 atom stereocenters. The highest BCUT2D eigenvalue weighted by molar-refractivity contribution is 5.89. The van der Waals surface area contributed by atoms with Gasteiger partial charge in [-0.15, -0.1) is 0 Å². The predicted molar refractivity (Wildman–Crippen MR) is 126 cm³/mol. The molecule has 0 bridgehead atoms. The molecule has 0 fully saturated rings. The van der Waals surface area contributed by atoms with E-state index in [1.165, 1.54) is 16.7 Å². The molecule has 0 aliphatic carbocycles. The first-order valence-electron chi connectivity index (χ1n) is 11.3. The van der Waals surface area contributed by atoms with Crippen LogP contribution in [0.5, 0.6) is 0 Å². The van der Waals surface area contributed by atoms with Gasteiger partial charge < -0.3 is 15.1 Å². The molecule has 0 aromatic heterocycles. The summed E-state index contributed by atoms with van der Waals surface area (Å²) in [5.41, 5.74) is 4.58. The number of urea groups is 1. The molecule has 3 rings (SSSR count). The van der Waals surface area contributed by atoms with Gasteiger partial charge in [0.05, 0.1) is 0 Å². The summed E-state index contributed by atoms with van der Waals surface area (Å²) in [5.74, 6) is 0.887. The molecule has 5 nitrogen and oxygen atoms in total. The van der Waals surface area contributed by atoms with Crippen LogP contribution in [0.1, 0.15) is 56.7 Å². The van der Waals surface area contributed by atoms with Gasteiger partial charge in [-0.3, -0.25) is 4.79 Å². The first-order chi connectivity index (χ1) is 14.8. The summed E-state index contributed by atoms with van der Waals surface area (Å²) in [4.78, 5) is 29.4. The number of hydrogen-bond acceptors (Lipinski definition) is 2. The van der Waals surface area contributed by atoms with Gasteiger partial charge in [0, 0.05) is 38.3 Å². The monoisotopic (exact) mass is 421 g/mol. The Morgan fingerprint density at radius 1 is 1.00 bits per heavy atom. The minimum Gasteiger partial charge on any atom is -0.338 e. The lowest BCUT2D eigenvalue weighted by Crippen LogP contribution is -2.42. The highest BCUT2D eigenvalue weighted by Crippen LogP contribution is 2.20. The molecular formula is C26H35N3O2. The van der Waals surface area contributed by atoms with Crippen LogP contribution in [0.4, 0.5) is 10.5 Å². The second-order valence-electron chi connectivity index (χ2n) is 9.13. The van der Waals surface area contributed by atoms with E-state index in [-0.39, 0.29) is 11.9 Å². The highest BCUT2D eigenvalue weighted by Gasteiger charge is 2.22. The Bertz CT molecular complexity index is 890. The van der Waals surface area contributed by atoms with Crippen LogP contribution in [-0.4, -0.2) is 41.4 Å². The second-order valence-corrected chi connectivity index (χ2v) is 9.13. The summed E-state index contributed by atoms with van der Waals surface area (Å²) < 4.78 is 0.